The van der Waals surface area contributed by atoms with E-state index in [0.717, 1.165) is 22.5 Å². The smallest absolute Gasteiger partial charge is 0.356 e. The molecule has 0 radical (unpaired) electrons. The molecule has 10 nitrogen and oxygen atoms in total. The van der Waals surface area contributed by atoms with Crippen molar-refractivity contribution in [3.63, 3.8) is 0 Å². The van der Waals surface area contributed by atoms with Crippen LogP contribution < -0.4 is 11.1 Å². The number of nitrogens with one attached hydrogen (secondary N) is 1. The summed E-state index contributed by atoms with van der Waals surface area (Å²) in [5.41, 5.74) is 8.67. The third-order valence-corrected chi connectivity index (χ3v) is 8.35. The number of halogens is 1. The third kappa shape index (κ3) is 5.33. The van der Waals surface area contributed by atoms with Gasteiger partial charge in [-0.15, -0.1) is 23.1 Å². The predicted octanol–water partition coefficient (Wildman–Crippen LogP) is 3.64. The molecule has 1 aromatic heterocycles. The molecule has 4 N–H and O–H groups in total. The van der Waals surface area contributed by atoms with Crippen LogP contribution >= 0.6 is 34.7 Å². The predicted molar refractivity (Wildman–Crippen MR) is 153 cm³/mol. The number of rotatable bonds is 8. The number of allylic oxidation sites excluding steroid dienone is 1. The second-order valence-corrected chi connectivity index (χ2v) is 10.9. The van der Waals surface area contributed by atoms with Crippen molar-refractivity contribution in [3.8, 4) is 0 Å². The van der Waals surface area contributed by atoms with Crippen molar-refractivity contribution >= 4 is 63.3 Å². The van der Waals surface area contributed by atoms with Gasteiger partial charge in [-0.05, 0) is 22.8 Å². The number of hydrogen-bond donors (Lipinski definition) is 3. The number of carbonyl (C=O) groups is 3. The number of aromatic nitrogens is 1. The van der Waals surface area contributed by atoms with Crippen LogP contribution in [0.4, 0.5) is 5.13 Å². The first kappa shape index (κ1) is 27.4. The standard InChI is InChI=1S/C27H22ClN5O5S2/c28-12-11-17-13-39-25-20(31-23(34)19(32-37)18-14-40-27(29)30-18)24(35)33(25)21(17)26(36)38-22(15-7-3-1-4-8-15)16-9-5-2-6-10-16/h1-12,14,20,22,25,37H,13H2,(H2,29,30)(H,31,34)/b12-11+,32-19?/t20?,25-/m1/s1. The molecule has 1 fully saturated rings. The molecular formula is C27H22ClN5O5S2. The Balaban J connectivity index is 1.40. The van der Waals surface area contributed by atoms with E-state index >= 15 is 0 Å². The van der Waals surface area contributed by atoms with Crippen molar-refractivity contribution in [2.45, 2.75) is 17.5 Å². The van der Waals surface area contributed by atoms with E-state index in [9.17, 15) is 19.6 Å². The van der Waals surface area contributed by atoms with Gasteiger partial charge in [-0.1, -0.05) is 77.4 Å². The van der Waals surface area contributed by atoms with Crippen LogP contribution in [0.1, 0.15) is 22.9 Å². The summed E-state index contributed by atoms with van der Waals surface area (Å²) >= 11 is 8.28. The average molecular weight is 596 g/mol. The zero-order chi connectivity index (χ0) is 28.2. The number of benzene rings is 2. The minimum atomic E-state index is -0.978. The minimum absolute atomic E-state index is 0.0522. The Bertz CT molecular complexity index is 1490. The highest BCUT2D eigenvalue weighted by molar-refractivity contribution is 8.00. The van der Waals surface area contributed by atoms with Crippen LogP contribution in [0.3, 0.4) is 0 Å². The summed E-state index contributed by atoms with van der Waals surface area (Å²) in [5.74, 6) is -1.70. The quantitative estimate of drug-likeness (QED) is 0.118. The van der Waals surface area contributed by atoms with Gasteiger partial charge in [-0.3, -0.25) is 14.5 Å². The fourth-order valence-corrected chi connectivity index (χ4v) is 6.42. The Hall–Kier alpha value is -4.13. The molecule has 204 valence electrons. The molecule has 2 amide bonds. The molecule has 40 heavy (non-hydrogen) atoms. The highest BCUT2D eigenvalue weighted by Gasteiger charge is 2.54. The Morgan fingerprint density at radius 3 is 2.38 bits per heavy atom. The molecule has 13 heteroatoms. The molecule has 1 saturated heterocycles. The number of nitrogens with zero attached hydrogens (tertiary/aromatic N) is 3. The number of oxime groups is 1. The van der Waals surface area contributed by atoms with Crippen LogP contribution in [0.25, 0.3) is 0 Å². The van der Waals surface area contributed by atoms with Crippen LogP contribution in [-0.2, 0) is 19.1 Å². The Labute approximate surface area is 242 Å². The molecule has 2 atom stereocenters. The van der Waals surface area contributed by atoms with Crippen molar-refractivity contribution in [1.82, 2.24) is 15.2 Å². The maximum Gasteiger partial charge on any atom is 0.356 e. The van der Waals surface area contributed by atoms with Crippen molar-refractivity contribution in [1.29, 1.82) is 0 Å². The first-order valence-corrected chi connectivity index (χ1v) is 14.3. The largest absolute Gasteiger partial charge is 0.448 e. The number of amides is 2. The van der Waals surface area contributed by atoms with Gasteiger partial charge in [0.2, 0.25) is 0 Å². The third-order valence-electron chi connectivity index (χ3n) is 6.25. The first-order valence-electron chi connectivity index (χ1n) is 11.9. The van der Waals surface area contributed by atoms with E-state index < -0.39 is 35.3 Å². The number of thiazole rings is 1. The molecule has 2 aliphatic rings. The van der Waals surface area contributed by atoms with Crippen molar-refractivity contribution in [2.75, 3.05) is 11.5 Å². The van der Waals surface area contributed by atoms with Crippen LogP contribution in [0.15, 0.2) is 94.1 Å². The van der Waals surface area contributed by atoms with Crippen molar-refractivity contribution in [2.24, 2.45) is 5.16 Å². The number of nitrogens with two attached hydrogens (primary N) is 1. The van der Waals surface area contributed by atoms with E-state index in [1.165, 1.54) is 27.6 Å². The lowest BCUT2D eigenvalue weighted by Gasteiger charge is -2.49. The molecular weight excluding hydrogens is 574 g/mol. The summed E-state index contributed by atoms with van der Waals surface area (Å²) in [6.45, 7) is 0. The summed E-state index contributed by atoms with van der Waals surface area (Å²) in [4.78, 5) is 45.2. The van der Waals surface area contributed by atoms with Crippen molar-refractivity contribution < 1.29 is 24.3 Å². The summed E-state index contributed by atoms with van der Waals surface area (Å²) in [6, 6.07) is 17.6. The van der Waals surface area contributed by atoms with E-state index in [0.29, 0.717) is 11.3 Å². The number of anilines is 1. The van der Waals surface area contributed by atoms with Gasteiger partial charge in [0.05, 0.1) is 0 Å². The summed E-state index contributed by atoms with van der Waals surface area (Å²) < 4.78 is 6.04. The molecule has 3 heterocycles. The van der Waals surface area contributed by atoms with E-state index in [1.807, 2.05) is 60.7 Å². The second-order valence-electron chi connectivity index (χ2n) is 8.65. The van der Waals surface area contributed by atoms with Gasteiger partial charge in [0.15, 0.2) is 16.9 Å². The Morgan fingerprint density at radius 2 is 1.82 bits per heavy atom. The monoisotopic (exact) mass is 595 g/mol. The SMILES string of the molecule is Nc1nc(C(=NO)C(=O)NC2C(=O)N3C(C(=O)OC(c4ccccc4)c4ccccc4)=C(/C=C/Cl)CS[C@H]23)cs1. The fourth-order valence-electron chi connectivity index (χ4n) is 4.40. The van der Waals surface area contributed by atoms with Crippen LogP contribution in [0.2, 0.25) is 0 Å². The lowest BCUT2D eigenvalue weighted by Crippen LogP contribution is -2.71. The van der Waals surface area contributed by atoms with Crippen LogP contribution in [0.5, 0.6) is 0 Å². The summed E-state index contributed by atoms with van der Waals surface area (Å²) in [7, 11) is 0. The molecule has 1 unspecified atom stereocenters. The number of fused-ring (bicyclic) bond motifs is 1. The molecule has 0 saturated carbocycles. The molecule has 2 aromatic carbocycles. The van der Waals surface area contributed by atoms with E-state index in [4.69, 9.17) is 22.1 Å². The molecule has 3 aromatic rings. The zero-order valence-electron chi connectivity index (χ0n) is 20.6. The van der Waals surface area contributed by atoms with Gasteiger partial charge < -0.3 is 21.0 Å². The lowest BCUT2D eigenvalue weighted by molar-refractivity contribution is -0.154. The molecule has 2 aliphatic heterocycles. The van der Waals surface area contributed by atoms with Crippen LogP contribution in [0, 0.1) is 0 Å². The lowest BCUT2D eigenvalue weighted by atomic mass is 10.0. The number of carbonyl (C=O) groups excluding carboxylic acids is 3. The van der Waals surface area contributed by atoms with Gasteiger partial charge in [0, 0.05) is 16.7 Å². The molecule has 5 rings (SSSR count). The van der Waals surface area contributed by atoms with E-state index in [2.05, 4.69) is 15.5 Å². The van der Waals surface area contributed by atoms with E-state index in [-0.39, 0.29) is 22.2 Å². The number of hydrogen-bond acceptors (Lipinski definition) is 10. The van der Waals surface area contributed by atoms with Gasteiger partial charge in [0.1, 0.15) is 22.8 Å². The highest BCUT2D eigenvalue weighted by Crippen LogP contribution is 2.42. The van der Waals surface area contributed by atoms with Crippen LogP contribution in [-0.4, -0.2) is 55.8 Å². The van der Waals surface area contributed by atoms with Crippen molar-refractivity contribution in [3.05, 3.63) is 106 Å². The number of esters is 1. The fraction of sp³-hybridized carbons (Fsp3) is 0.148. The Kier molecular flexibility index (Phi) is 8.19. The molecule has 0 bridgehead atoms. The topological polar surface area (TPSA) is 147 Å². The molecule has 0 aliphatic carbocycles. The summed E-state index contributed by atoms with van der Waals surface area (Å²) in [5, 5.41) is 16.1. The number of β-lactam (4-membered cyclic amide) rings is 1. The zero-order valence-corrected chi connectivity index (χ0v) is 23.0. The first-order chi connectivity index (χ1) is 19.4. The summed E-state index contributed by atoms with van der Waals surface area (Å²) in [6.07, 6.45) is 0.821. The Morgan fingerprint density at radius 1 is 1.18 bits per heavy atom. The van der Waals surface area contributed by atoms with E-state index in [1.54, 1.807) is 6.08 Å². The maximum atomic E-state index is 13.7. The number of thioether (sulfide) groups is 1. The van der Waals surface area contributed by atoms with Gasteiger partial charge in [0.25, 0.3) is 11.8 Å². The van der Waals surface area contributed by atoms with Gasteiger partial charge in [-0.25, -0.2) is 9.78 Å². The second kappa shape index (κ2) is 11.9. The number of nitrogen functional groups attached to an aromatic ring is 1. The average Bonchev–Trinajstić information content (AvgIpc) is 3.41. The maximum absolute atomic E-state index is 13.7. The normalized spacial score (nSPS) is 19.0. The molecule has 0 spiro atoms. The highest BCUT2D eigenvalue weighted by atomic mass is 35.5. The number of ether oxygens (including phenoxy) is 1. The minimum Gasteiger partial charge on any atom is -0.448 e. The van der Waals surface area contributed by atoms with Gasteiger partial charge in [-0.2, -0.15) is 0 Å². The van der Waals surface area contributed by atoms with Gasteiger partial charge >= 0.3 is 5.97 Å².